The quantitative estimate of drug-likeness (QED) is 0.850. The van der Waals surface area contributed by atoms with Gasteiger partial charge in [-0.25, -0.2) is 0 Å². The van der Waals surface area contributed by atoms with Crippen LogP contribution in [0.5, 0.6) is 0 Å². The third kappa shape index (κ3) is 2.60. The summed E-state index contributed by atoms with van der Waals surface area (Å²) in [5, 5.41) is 9.04. The molecule has 1 fully saturated rings. The Morgan fingerprint density at radius 2 is 2.00 bits per heavy atom. The number of aliphatic carboxylic acids is 1. The maximum Gasteiger partial charge on any atom is 0.323 e. The summed E-state index contributed by atoms with van der Waals surface area (Å²) in [6.07, 6.45) is 2.38. The van der Waals surface area contributed by atoms with Crippen LogP contribution >= 0.6 is 0 Å². The number of hydrogen-bond donors (Lipinski definition) is 1. The van der Waals surface area contributed by atoms with Crippen molar-refractivity contribution in [2.45, 2.75) is 32.7 Å². The van der Waals surface area contributed by atoms with Crippen molar-refractivity contribution < 1.29 is 9.90 Å². The molecule has 0 bridgehead atoms. The van der Waals surface area contributed by atoms with E-state index in [1.807, 2.05) is 35.2 Å². The Kier molecular flexibility index (Phi) is 3.09. The van der Waals surface area contributed by atoms with Crippen LogP contribution in [0.15, 0.2) is 30.3 Å². The van der Waals surface area contributed by atoms with Gasteiger partial charge in [-0.1, -0.05) is 25.1 Å². The van der Waals surface area contributed by atoms with Crippen LogP contribution in [0.1, 0.15) is 26.7 Å². The summed E-state index contributed by atoms with van der Waals surface area (Å²) in [6.45, 7) is 4.43. The van der Waals surface area contributed by atoms with Gasteiger partial charge in [-0.05, 0) is 37.3 Å². The van der Waals surface area contributed by atoms with E-state index in [1.54, 1.807) is 0 Å². The highest BCUT2D eigenvalue weighted by atomic mass is 16.4. The highest BCUT2D eigenvalue weighted by Crippen LogP contribution is 2.50. The van der Waals surface area contributed by atoms with Crippen molar-refractivity contribution >= 4 is 11.7 Å². The summed E-state index contributed by atoms with van der Waals surface area (Å²) in [4.78, 5) is 13.0. The van der Waals surface area contributed by atoms with Crippen molar-refractivity contribution in [3.63, 3.8) is 0 Å². The Labute approximate surface area is 102 Å². The minimum Gasteiger partial charge on any atom is -0.480 e. The van der Waals surface area contributed by atoms with Crippen molar-refractivity contribution in [2.75, 3.05) is 11.4 Å². The lowest BCUT2D eigenvalue weighted by atomic mass is 9.98. The number of carboxylic acid groups (broad SMARTS) is 1. The number of nitrogens with zero attached hydrogens (tertiary/aromatic N) is 1. The molecule has 1 aromatic carbocycles. The molecule has 3 nitrogen and oxygen atoms in total. The van der Waals surface area contributed by atoms with Crippen LogP contribution < -0.4 is 4.90 Å². The number of benzene rings is 1. The zero-order chi connectivity index (χ0) is 12.5. The lowest BCUT2D eigenvalue weighted by Gasteiger charge is -2.34. The Morgan fingerprint density at radius 1 is 1.41 bits per heavy atom. The van der Waals surface area contributed by atoms with Gasteiger partial charge < -0.3 is 10.0 Å². The highest BCUT2D eigenvalue weighted by Gasteiger charge is 2.45. The average Bonchev–Trinajstić information content (AvgIpc) is 3.06. The van der Waals surface area contributed by atoms with E-state index < -0.39 is 5.97 Å². The topological polar surface area (TPSA) is 40.5 Å². The highest BCUT2D eigenvalue weighted by molar-refractivity contribution is 5.74. The summed E-state index contributed by atoms with van der Waals surface area (Å²) >= 11 is 0. The number of carboxylic acids is 1. The Bertz CT molecular complexity index is 398. The Morgan fingerprint density at radius 3 is 2.47 bits per heavy atom. The van der Waals surface area contributed by atoms with E-state index in [1.165, 1.54) is 12.8 Å². The number of carbonyl (C=O) groups is 1. The minimum atomic E-state index is -0.773. The van der Waals surface area contributed by atoms with Crippen LogP contribution in [0.2, 0.25) is 0 Å². The van der Waals surface area contributed by atoms with Crippen LogP contribution in [0, 0.1) is 5.41 Å². The van der Waals surface area contributed by atoms with Gasteiger partial charge in [-0.2, -0.15) is 0 Å². The van der Waals surface area contributed by atoms with E-state index in [2.05, 4.69) is 13.8 Å². The largest absolute Gasteiger partial charge is 0.480 e. The lowest BCUT2D eigenvalue weighted by Crippen LogP contribution is -2.42. The number of rotatable bonds is 5. The fourth-order valence-electron chi connectivity index (χ4n) is 2.21. The first-order chi connectivity index (χ1) is 8.03. The van der Waals surface area contributed by atoms with Gasteiger partial charge in [0.05, 0.1) is 0 Å². The van der Waals surface area contributed by atoms with E-state index in [4.69, 9.17) is 5.11 Å². The summed E-state index contributed by atoms with van der Waals surface area (Å²) in [5.41, 5.74) is 1.28. The summed E-state index contributed by atoms with van der Waals surface area (Å²) in [6, 6.07) is 10.1. The van der Waals surface area contributed by atoms with E-state index in [0.29, 0.717) is 0 Å². The van der Waals surface area contributed by atoms with Gasteiger partial charge in [0.2, 0.25) is 0 Å². The predicted molar refractivity (Wildman–Crippen MR) is 68.2 cm³/mol. The molecule has 17 heavy (non-hydrogen) atoms. The van der Waals surface area contributed by atoms with Gasteiger partial charge in [0.25, 0.3) is 0 Å². The second kappa shape index (κ2) is 4.40. The van der Waals surface area contributed by atoms with Gasteiger partial charge in [-0.15, -0.1) is 0 Å². The molecule has 1 aliphatic carbocycles. The molecule has 1 atom stereocenters. The molecule has 1 N–H and O–H groups in total. The molecule has 1 aliphatic rings. The standard InChI is InChI=1S/C14H19NO2/c1-11(14(2)8-9-14)15(10-13(16)17)12-6-4-3-5-7-12/h3-7,11H,8-10H2,1-2H3,(H,16,17). The van der Waals surface area contributed by atoms with E-state index in [-0.39, 0.29) is 18.0 Å². The monoisotopic (exact) mass is 233 g/mol. The van der Waals surface area contributed by atoms with E-state index in [0.717, 1.165) is 5.69 Å². The molecule has 1 saturated carbocycles. The summed E-state index contributed by atoms with van der Waals surface area (Å²) < 4.78 is 0. The molecule has 0 aliphatic heterocycles. The van der Waals surface area contributed by atoms with Gasteiger partial charge in [0.1, 0.15) is 6.54 Å². The van der Waals surface area contributed by atoms with Crippen molar-refractivity contribution in [3.05, 3.63) is 30.3 Å². The normalized spacial score (nSPS) is 18.5. The van der Waals surface area contributed by atoms with Gasteiger partial charge in [0, 0.05) is 11.7 Å². The van der Waals surface area contributed by atoms with Crippen molar-refractivity contribution in [1.82, 2.24) is 0 Å². The molecule has 92 valence electrons. The molecule has 1 unspecified atom stereocenters. The third-order valence-corrected chi connectivity index (χ3v) is 3.91. The average molecular weight is 233 g/mol. The molecular weight excluding hydrogens is 214 g/mol. The number of anilines is 1. The maximum atomic E-state index is 11.0. The minimum absolute atomic E-state index is 0.0702. The van der Waals surface area contributed by atoms with Crippen LogP contribution in [0.25, 0.3) is 0 Å². The van der Waals surface area contributed by atoms with E-state index in [9.17, 15) is 4.79 Å². The molecular formula is C14H19NO2. The third-order valence-electron chi connectivity index (χ3n) is 3.91. The number of para-hydroxylation sites is 1. The smallest absolute Gasteiger partial charge is 0.323 e. The van der Waals surface area contributed by atoms with Crippen molar-refractivity contribution in [2.24, 2.45) is 5.41 Å². The fourth-order valence-corrected chi connectivity index (χ4v) is 2.21. The first-order valence-electron chi connectivity index (χ1n) is 6.06. The summed E-state index contributed by atoms with van der Waals surface area (Å²) in [7, 11) is 0. The molecule has 0 heterocycles. The second-order valence-electron chi connectivity index (χ2n) is 5.19. The molecule has 1 aromatic rings. The van der Waals surface area contributed by atoms with Crippen LogP contribution in [-0.4, -0.2) is 23.7 Å². The van der Waals surface area contributed by atoms with Crippen LogP contribution in [0.4, 0.5) is 5.69 Å². The van der Waals surface area contributed by atoms with Gasteiger partial charge >= 0.3 is 5.97 Å². The molecule has 2 rings (SSSR count). The van der Waals surface area contributed by atoms with Crippen LogP contribution in [-0.2, 0) is 4.79 Å². The lowest BCUT2D eigenvalue weighted by molar-refractivity contribution is -0.135. The second-order valence-corrected chi connectivity index (χ2v) is 5.19. The van der Waals surface area contributed by atoms with Crippen molar-refractivity contribution in [1.29, 1.82) is 0 Å². The van der Waals surface area contributed by atoms with Gasteiger partial charge in [-0.3, -0.25) is 4.79 Å². The molecule has 0 aromatic heterocycles. The molecule has 0 amide bonds. The first kappa shape index (κ1) is 12.0. The predicted octanol–water partition coefficient (Wildman–Crippen LogP) is 2.77. The molecule has 0 radical (unpaired) electrons. The Balaban J connectivity index is 2.22. The SMILES string of the molecule is CC(N(CC(=O)O)c1ccccc1)C1(C)CC1. The molecule has 0 spiro atoms. The van der Waals surface area contributed by atoms with Crippen molar-refractivity contribution in [3.8, 4) is 0 Å². The molecule has 3 heteroatoms. The zero-order valence-corrected chi connectivity index (χ0v) is 10.4. The number of hydrogen-bond acceptors (Lipinski definition) is 2. The van der Waals surface area contributed by atoms with Gasteiger partial charge in [0.15, 0.2) is 0 Å². The van der Waals surface area contributed by atoms with Crippen LogP contribution in [0.3, 0.4) is 0 Å². The fraction of sp³-hybridized carbons (Fsp3) is 0.500. The zero-order valence-electron chi connectivity index (χ0n) is 10.4. The summed E-state index contributed by atoms with van der Waals surface area (Å²) in [5.74, 6) is -0.773. The Hall–Kier alpha value is -1.51. The molecule has 0 saturated heterocycles. The first-order valence-corrected chi connectivity index (χ1v) is 6.06. The maximum absolute atomic E-state index is 11.0. The van der Waals surface area contributed by atoms with E-state index >= 15 is 0 Å².